The first kappa shape index (κ1) is 12.9. The second kappa shape index (κ2) is 5.47. The summed E-state index contributed by atoms with van der Waals surface area (Å²) in [5, 5.41) is 5.21. The molecule has 0 aliphatic rings. The summed E-state index contributed by atoms with van der Waals surface area (Å²) in [7, 11) is 0. The summed E-state index contributed by atoms with van der Waals surface area (Å²) < 4.78 is 1.91. The number of hydrogen-bond acceptors (Lipinski definition) is 2. The van der Waals surface area contributed by atoms with Gasteiger partial charge in [-0.25, -0.2) is 9.67 Å². The standard InChI is InChI=1S/C16H14ClN3/c1-12-18-16(14-7-3-2-4-8-14)20(19-12)11-13-6-5-9-15(17)10-13/h2-10H,11H2,1H3. The maximum atomic E-state index is 6.03. The second-order valence-corrected chi connectivity index (χ2v) is 5.07. The zero-order chi connectivity index (χ0) is 13.9. The lowest BCUT2D eigenvalue weighted by Gasteiger charge is -2.06. The third kappa shape index (κ3) is 2.73. The maximum absolute atomic E-state index is 6.03. The number of halogens is 1. The van der Waals surface area contributed by atoms with E-state index in [0.717, 1.165) is 27.8 Å². The van der Waals surface area contributed by atoms with Crippen LogP contribution >= 0.6 is 11.6 Å². The Hall–Kier alpha value is -2.13. The van der Waals surface area contributed by atoms with Crippen LogP contribution in [0.15, 0.2) is 54.6 Å². The van der Waals surface area contributed by atoms with Crippen LogP contribution in [0.3, 0.4) is 0 Å². The Morgan fingerprint density at radius 2 is 1.85 bits per heavy atom. The van der Waals surface area contributed by atoms with Crippen molar-refractivity contribution in [2.75, 3.05) is 0 Å². The minimum absolute atomic E-state index is 0.658. The molecule has 0 fully saturated rings. The first-order valence-electron chi connectivity index (χ1n) is 6.44. The lowest BCUT2D eigenvalue weighted by molar-refractivity contribution is 0.686. The molecule has 0 atom stereocenters. The molecule has 0 radical (unpaired) electrons. The van der Waals surface area contributed by atoms with Crippen LogP contribution < -0.4 is 0 Å². The highest BCUT2D eigenvalue weighted by Gasteiger charge is 2.10. The monoisotopic (exact) mass is 283 g/mol. The molecule has 0 spiro atoms. The van der Waals surface area contributed by atoms with Gasteiger partial charge in [0.05, 0.1) is 6.54 Å². The van der Waals surface area contributed by atoms with Crippen LogP contribution in [-0.2, 0) is 6.54 Å². The first-order chi connectivity index (χ1) is 9.72. The highest BCUT2D eigenvalue weighted by atomic mass is 35.5. The van der Waals surface area contributed by atoms with Gasteiger partial charge in [0.2, 0.25) is 0 Å². The third-order valence-corrected chi connectivity index (χ3v) is 3.27. The van der Waals surface area contributed by atoms with Gasteiger partial charge in [-0.05, 0) is 24.6 Å². The summed E-state index contributed by atoms with van der Waals surface area (Å²) in [5.41, 5.74) is 2.18. The van der Waals surface area contributed by atoms with E-state index in [-0.39, 0.29) is 0 Å². The molecule has 0 N–H and O–H groups in total. The van der Waals surface area contributed by atoms with E-state index >= 15 is 0 Å². The number of aryl methyl sites for hydroxylation is 1. The number of nitrogens with zero attached hydrogens (tertiary/aromatic N) is 3. The van der Waals surface area contributed by atoms with E-state index in [1.54, 1.807) is 0 Å². The van der Waals surface area contributed by atoms with E-state index < -0.39 is 0 Å². The van der Waals surface area contributed by atoms with Crippen LogP contribution in [-0.4, -0.2) is 14.8 Å². The molecule has 1 aromatic heterocycles. The van der Waals surface area contributed by atoms with Crippen LogP contribution in [0.5, 0.6) is 0 Å². The van der Waals surface area contributed by atoms with Crippen LogP contribution in [0.2, 0.25) is 5.02 Å². The molecule has 4 heteroatoms. The number of hydrogen-bond donors (Lipinski definition) is 0. The summed E-state index contributed by atoms with van der Waals surface area (Å²) >= 11 is 6.03. The Balaban J connectivity index is 1.98. The van der Waals surface area contributed by atoms with Gasteiger partial charge in [0.1, 0.15) is 5.82 Å². The van der Waals surface area contributed by atoms with Gasteiger partial charge in [0.15, 0.2) is 5.82 Å². The minimum Gasteiger partial charge on any atom is -0.241 e. The van der Waals surface area contributed by atoms with Crippen molar-refractivity contribution in [3.63, 3.8) is 0 Å². The van der Waals surface area contributed by atoms with Crippen molar-refractivity contribution in [2.24, 2.45) is 0 Å². The topological polar surface area (TPSA) is 30.7 Å². The van der Waals surface area contributed by atoms with Crippen molar-refractivity contribution >= 4 is 11.6 Å². The molecule has 3 nitrogen and oxygen atoms in total. The molecule has 0 saturated heterocycles. The van der Waals surface area contributed by atoms with Crippen LogP contribution in [0.25, 0.3) is 11.4 Å². The van der Waals surface area contributed by atoms with Crippen molar-refractivity contribution in [1.29, 1.82) is 0 Å². The van der Waals surface area contributed by atoms with Crippen LogP contribution in [0, 0.1) is 6.92 Å². The molecular formula is C16H14ClN3. The average Bonchev–Trinajstić information content (AvgIpc) is 2.80. The first-order valence-corrected chi connectivity index (χ1v) is 6.81. The highest BCUT2D eigenvalue weighted by Crippen LogP contribution is 2.19. The fraction of sp³-hybridized carbons (Fsp3) is 0.125. The van der Waals surface area contributed by atoms with Gasteiger partial charge >= 0.3 is 0 Å². The van der Waals surface area contributed by atoms with Crippen molar-refractivity contribution in [3.05, 3.63) is 71.0 Å². The van der Waals surface area contributed by atoms with E-state index in [2.05, 4.69) is 10.1 Å². The molecule has 3 aromatic rings. The minimum atomic E-state index is 0.658. The smallest absolute Gasteiger partial charge is 0.158 e. The molecule has 0 aliphatic carbocycles. The van der Waals surface area contributed by atoms with Crippen molar-refractivity contribution < 1.29 is 0 Å². The molecule has 3 rings (SSSR count). The fourth-order valence-electron chi connectivity index (χ4n) is 2.17. The van der Waals surface area contributed by atoms with Gasteiger partial charge in [-0.15, -0.1) is 0 Å². The van der Waals surface area contributed by atoms with Crippen molar-refractivity contribution in [3.8, 4) is 11.4 Å². The number of rotatable bonds is 3. The van der Waals surface area contributed by atoms with Gasteiger partial charge in [-0.3, -0.25) is 0 Å². The van der Waals surface area contributed by atoms with E-state index in [9.17, 15) is 0 Å². The maximum Gasteiger partial charge on any atom is 0.158 e. The Morgan fingerprint density at radius 1 is 1.05 bits per heavy atom. The normalized spacial score (nSPS) is 10.7. The van der Waals surface area contributed by atoms with Crippen LogP contribution in [0.1, 0.15) is 11.4 Å². The average molecular weight is 284 g/mol. The number of benzene rings is 2. The fourth-order valence-corrected chi connectivity index (χ4v) is 2.39. The molecule has 0 amide bonds. The SMILES string of the molecule is Cc1nc(-c2ccccc2)n(Cc2cccc(Cl)c2)n1. The molecule has 2 aromatic carbocycles. The largest absolute Gasteiger partial charge is 0.241 e. The summed E-state index contributed by atoms with van der Waals surface area (Å²) in [5.74, 6) is 1.65. The van der Waals surface area contributed by atoms with Gasteiger partial charge in [-0.2, -0.15) is 5.10 Å². The Kier molecular flexibility index (Phi) is 3.52. The predicted molar refractivity (Wildman–Crippen MR) is 80.7 cm³/mol. The highest BCUT2D eigenvalue weighted by molar-refractivity contribution is 6.30. The zero-order valence-corrected chi connectivity index (χ0v) is 11.9. The van der Waals surface area contributed by atoms with Gasteiger partial charge in [-0.1, -0.05) is 54.1 Å². The summed E-state index contributed by atoms with van der Waals surface area (Å²) in [6.07, 6.45) is 0. The molecule has 0 unspecified atom stereocenters. The Morgan fingerprint density at radius 3 is 2.60 bits per heavy atom. The van der Waals surface area contributed by atoms with E-state index in [1.165, 1.54) is 0 Å². The van der Waals surface area contributed by atoms with E-state index in [0.29, 0.717) is 6.54 Å². The lowest BCUT2D eigenvalue weighted by Crippen LogP contribution is -2.04. The zero-order valence-electron chi connectivity index (χ0n) is 11.1. The Bertz CT molecular complexity index is 720. The Labute approximate surface area is 122 Å². The lowest BCUT2D eigenvalue weighted by atomic mass is 10.2. The summed E-state index contributed by atoms with van der Waals surface area (Å²) in [6.45, 7) is 2.56. The number of aromatic nitrogens is 3. The van der Waals surface area contributed by atoms with Crippen molar-refractivity contribution in [1.82, 2.24) is 14.8 Å². The molecule has 0 saturated carbocycles. The van der Waals surface area contributed by atoms with E-state index in [4.69, 9.17) is 11.6 Å². The molecule has 20 heavy (non-hydrogen) atoms. The molecular weight excluding hydrogens is 270 g/mol. The second-order valence-electron chi connectivity index (χ2n) is 4.64. The molecule has 100 valence electrons. The van der Waals surface area contributed by atoms with Gasteiger partial charge in [0.25, 0.3) is 0 Å². The van der Waals surface area contributed by atoms with E-state index in [1.807, 2.05) is 66.2 Å². The van der Waals surface area contributed by atoms with Crippen molar-refractivity contribution in [2.45, 2.75) is 13.5 Å². The predicted octanol–water partition coefficient (Wildman–Crippen LogP) is 3.96. The quantitative estimate of drug-likeness (QED) is 0.728. The molecule has 1 heterocycles. The molecule has 0 aliphatic heterocycles. The summed E-state index contributed by atoms with van der Waals surface area (Å²) in [6, 6.07) is 17.9. The third-order valence-electron chi connectivity index (χ3n) is 3.03. The van der Waals surface area contributed by atoms with Crippen LogP contribution in [0.4, 0.5) is 0 Å². The van der Waals surface area contributed by atoms with Gasteiger partial charge < -0.3 is 0 Å². The van der Waals surface area contributed by atoms with Gasteiger partial charge in [0, 0.05) is 10.6 Å². The molecule has 0 bridgehead atoms. The summed E-state index contributed by atoms with van der Waals surface area (Å²) in [4.78, 5) is 4.52.